The minimum Gasteiger partial charge on any atom is -0.356 e. The molecule has 0 aliphatic heterocycles. The van der Waals surface area contributed by atoms with E-state index in [-0.39, 0.29) is 24.7 Å². The minimum absolute atomic E-state index is 0.102. The van der Waals surface area contributed by atoms with Crippen molar-refractivity contribution in [2.45, 2.75) is 26.7 Å². The van der Waals surface area contributed by atoms with Gasteiger partial charge in [0.2, 0.25) is 11.8 Å². The van der Waals surface area contributed by atoms with Gasteiger partial charge in [0, 0.05) is 12.3 Å². The highest BCUT2D eigenvalue weighted by Gasteiger charge is 2.05. The van der Waals surface area contributed by atoms with E-state index < -0.39 is 0 Å². The molecule has 0 heterocycles. The van der Waals surface area contributed by atoms with Crippen LogP contribution in [0.2, 0.25) is 0 Å². The number of hydrogen-bond acceptors (Lipinski definition) is 3. The van der Waals surface area contributed by atoms with Gasteiger partial charge < -0.3 is 5.32 Å². The molecule has 25 heavy (non-hydrogen) atoms. The fourth-order valence-corrected chi connectivity index (χ4v) is 2.36. The van der Waals surface area contributed by atoms with Gasteiger partial charge in [0.15, 0.2) is 0 Å². The molecule has 2 amide bonds. The first-order chi connectivity index (χ1) is 12.1. The summed E-state index contributed by atoms with van der Waals surface area (Å²) in [4.78, 5) is 23.4. The molecule has 0 aromatic heterocycles. The lowest BCUT2D eigenvalue weighted by Crippen LogP contribution is -2.26. The van der Waals surface area contributed by atoms with Crippen molar-refractivity contribution < 1.29 is 9.59 Å². The second-order valence-corrected chi connectivity index (χ2v) is 5.75. The monoisotopic (exact) mass is 337 g/mol. The highest BCUT2D eigenvalue weighted by atomic mass is 16.2. The van der Waals surface area contributed by atoms with Gasteiger partial charge in [-0.2, -0.15) is 5.10 Å². The SMILES string of the molecule is CCNC(=O)C/C(C)=N/NC(=O)Cc1ccc(-c2ccccc2)cc1. The molecular formula is C20H23N3O2. The van der Waals surface area contributed by atoms with Gasteiger partial charge in [-0.1, -0.05) is 54.6 Å². The van der Waals surface area contributed by atoms with Crippen molar-refractivity contribution in [1.29, 1.82) is 0 Å². The van der Waals surface area contributed by atoms with Crippen LogP contribution in [-0.2, 0) is 16.0 Å². The highest BCUT2D eigenvalue weighted by Crippen LogP contribution is 2.19. The number of rotatable bonds is 7. The van der Waals surface area contributed by atoms with Crippen molar-refractivity contribution in [3.63, 3.8) is 0 Å². The predicted molar refractivity (Wildman–Crippen MR) is 100 cm³/mol. The first-order valence-corrected chi connectivity index (χ1v) is 8.31. The smallest absolute Gasteiger partial charge is 0.244 e. The van der Waals surface area contributed by atoms with Crippen LogP contribution >= 0.6 is 0 Å². The third kappa shape index (κ3) is 6.22. The van der Waals surface area contributed by atoms with E-state index in [1.807, 2.05) is 61.5 Å². The van der Waals surface area contributed by atoms with E-state index in [1.165, 1.54) is 0 Å². The summed E-state index contributed by atoms with van der Waals surface area (Å²) < 4.78 is 0. The van der Waals surface area contributed by atoms with Crippen LogP contribution in [0.5, 0.6) is 0 Å². The van der Waals surface area contributed by atoms with E-state index in [0.29, 0.717) is 12.3 Å². The zero-order chi connectivity index (χ0) is 18.1. The lowest BCUT2D eigenvalue weighted by molar-refractivity contribution is -0.121. The molecule has 5 heteroatoms. The maximum Gasteiger partial charge on any atom is 0.244 e. The summed E-state index contributed by atoms with van der Waals surface area (Å²) in [5, 5.41) is 6.65. The van der Waals surface area contributed by atoms with Gasteiger partial charge in [-0.3, -0.25) is 9.59 Å². The van der Waals surface area contributed by atoms with E-state index in [4.69, 9.17) is 0 Å². The third-order valence-electron chi connectivity index (χ3n) is 3.59. The zero-order valence-electron chi connectivity index (χ0n) is 14.6. The van der Waals surface area contributed by atoms with E-state index in [2.05, 4.69) is 15.8 Å². The first kappa shape index (κ1) is 18.4. The van der Waals surface area contributed by atoms with Crippen LogP contribution in [0, 0.1) is 0 Å². The molecule has 0 aliphatic rings. The lowest BCUT2D eigenvalue weighted by atomic mass is 10.0. The average Bonchev–Trinajstić information content (AvgIpc) is 2.61. The van der Waals surface area contributed by atoms with Gasteiger partial charge >= 0.3 is 0 Å². The number of benzene rings is 2. The molecule has 5 nitrogen and oxygen atoms in total. The van der Waals surface area contributed by atoms with Crippen molar-refractivity contribution >= 4 is 17.5 Å². The van der Waals surface area contributed by atoms with Crippen molar-refractivity contribution in [3.8, 4) is 11.1 Å². The maximum atomic E-state index is 12.0. The Hall–Kier alpha value is -2.95. The Morgan fingerprint density at radius 3 is 2.20 bits per heavy atom. The maximum absolute atomic E-state index is 12.0. The summed E-state index contributed by atoms with van der Waals surface area (Å²) in [5.74, 6) is -0.308. The second-order valence-electron chi connectivity index (χ2n) is 5.75. The van der Waals surface area contributed by atoms with E-state index in [1.54, 1.807) is 6.92 Å². The van der Waals surface area contributed by atoms with E-state index in [0.717, 1.165) is 16.7 Å². The number of amides is 2. The summed E-state index contributed by atoms with van der Waals surface area (Å²) in [6.07, 6.45) is 0.424. The van der Waals surface area contributed by atoms with Gasteiger partial charge in [-0.25, -0.2) is 5.43 Å². The zero-order valence-corrected chi connectivity index (χ0v) is 14.6. The number of carbonyl (C=O) groups excluding carboxylic acids is 2. The molecule has 2 aromatic rings. The Morgan fingerprint density at radius 1 is 0.920 bits per heavy atom. The molecule has 0 saturated heterocycles. The summed E-state index contributed by atoms with van der Waals surface area (Å²) in [5.41, 5.74) is 6.23. The molecule has 0 spiro atoms. The topological polar surface area (TPSA) is 70.6 Å². The molecule has 0 unspecified atom stereocenters. The van der Waals surface area contributed by atoms with Crippen LogP contribution < -0.4 is 10.7 Å². The van der Waals surface area contributed by atoms with Crippen molar-refractivity contribution in [2.24, 2.45) is 5.10 Å². The molecule has 0 saturated carbocycles. The number of hydrazone groups is 1. The molecule has 2 rings (SSSR count). The number of nitrogens with one attached hydrogen (secondary N) is 2. The molecule has 0 atom stereocenters. The van der Waals surface area contributed by atoms with Crippen LogP contribution in [0.1, 0.15) is 25.8 Å². The van der Waals surface area contributed by atoms with Crippen molar-refractivity contribution in [2.75, 3.05) is 6.54 Å². The first-order valence-electron chi connectivity index (χ1n) is 8.31. The second kappa shape index (κ2) is 9.37. The van der Waals surface area contributed by atoms with Gasteiger partial charge in [0.1, 0.15) is 0 Å². The average molecular weight is 337 g/mol. The summed E-state index contributed by atoms with van der Waals surface area (Å²) >= 11 is 0. The third-order valence-corrected chi connectivity index (χ3v) is 3.59. The van der Waals surface area contributed by atoms with Crippen molar-refractivity contribution in [1.82, 2.24) is 10.7 Å². The molecule has 0 aliphatic carbocycles. The Labute approximate surface area is 148 Å². The van der Waals surface area contributed by atoms with Gasteiger partial charge in [0.05, 0.1) is 12.8 Å². The van der Waals surface area contributed by atoms with Crippen LogP contribution in [0.4, 0.5) is 0 Å². The molecular weight excluding hydrogens is 314 g/mol. The minimum atomic E-state index is -0.206. The number of hydrogen-bond donors (Lipinski definition) is 2. The molecule has 0 bridgehead atoms. The largest absolute Gasteiger partial charge is 0.356 e. The summed E-state index contributed by atoms with van der Waals surface area (Å²) in [7, 11) is 0. The van der Waals surface area contributed by atoms with E-state index in [9.17, 15) is 9.59 Å². The van der Waals surface area contributed by atoms with Crippen LogP contribution in [0.15, 0.2) is 59.7 Å². The predicted octanol–water partition coefficient (Wildman–Crippen LogP) is 2.91. The van der Waals surface area contributed by atoms with Crippen LogP contribution in [0.25, 0.3) is 11.1 Å². The fraction of sp³-hybridized carbons (Fsp3) is 0.250. The normalized spacial score (nSPS) is 11.0. The van der Waals surface area contributed by atoms with Crippen LogP contribution in [0.3, 0.4) is 0 Å². The Balaban J connectivity index is 1.87. The van der Waals surface area contributed by atoms with E-state index >= 15 is 0 Å². The highest BCUT2D eigenvalue weighted by molar-refractivity contribution is 6.00. The number of nitrogens with zero attached hydrogens (tertiary/aromatic N) is 1. The molecule has 0 radical (unpaired) electrons. The van der Waals surface area contributed by atoms with Crippen molar-refractivity contribution in [3.05, 3.63) is 60.2 Å². The lowest BCUT2D eigenvalue weighted by Gasteiger charge is -2.05. The molecule has 2 aromatic carbocycles. The molecule has 130 valence electrons. The molecule has 2 N–H and O–H groups in total. The molecule has 0 fully saturated rings. The Bertz CT molecular complexity index is 737. The Kier molecular flexibility index (Phi) is 6.89. The van der Waals surface area contributed by atoms with Crippen LogP contribution in [-0.4, -0.2) is 24.1 Å². The van der Waals surface area contributed by atoms with Gasteiger partial charge in [-0.15, -0.1) is 0 Å². The summed E-state index contributed by atoms with van der Waals surface area (Å²) in [6.45, 7) is 4.15. The fourth-order valence-electron chi connectivity index (χ4n) is 2.36. The quantitative estimate of drug-likeness (QED) is 0.602. The van der Waals surface area contributed by atoms with Gasteiger partial charge in [0.25, 0.3) is 0 Å². The number of carbonyl (C=O) groups is 2. The Morgan fingerprint density at radius 2 is 1.56 bits per heavy atom. The summed E-state index contributed by atoms with van der Waals surface area (Å²) in [6, 6.07) is 18.0. The standard InChI is InChI=1S/C20H23N3O2/c1-3-21-19(24)13-15(2)22-23-20(25)14-16-9-11-18(12-10-16)17-7-5-4-6-8-17/h4-12H,3,13-14H2,1-2H3,(H,21,24)(H,23,25)/b22-15+. The van der Waals surface area contributed by atoms with Gasteiger partial charge in [-0.05, 0) is 30.5 Å².